The average molecular weight is 411 g/mol. The van der Waals surface area contributed by atoms with Gasteiger partial charge >= 0.3 is 6.03 Å². The number of hydrogen-bond donors (Lipinski definition) is 2. The van der Waals surface area contributed by atoms with Crippen LogP contribution < -0.4 is 10.6 Å². The van der Waals surface area contributed by atoms with Crippen LogP contribution in [0.1, 0.15) is 17.2 Å². The van der Waals surface area contributed by atoms with Crippen molar-refractivity contribution >= 4 is 39.5 Å². The van der Waals surface area contributed by atoms with E-state index in [-0.39, 0.29) is 6.42 Å². The molecule has 0 bridgehead atoms. The van der Waals surface area contributed by atoms with E-state index < -0.39 is 23.6 Å². The van der Waals surface area contributed by atoms with Crippen molar-refractivity contribution in [3.05, 3.63) is 69.2 Å². The minimum atomic E-state index is -1.36. The summed E-state index contributed by atoms with van der Waals surface area (Å²) in [5.74, 6) is -0.495. The summed E-state index contributed by atoms with van der Waals surface area (Å²) in [5, 5.41) is 14.1. The van der Waals surface area contributed by atoms with Crippen molar-refractivity contribution in [3.63, 3.8) is 0 Å². The van der Waals surface area contributed by atoms with Crippen LogP contribution in [0.2, 0.25) is 5.02 Å². The zero-order valence-electron chi connectivity index (χ0n) is 12.5. The fraction of sp³-hybridized carbons (Fsp3) is 0.176. The van der Waals surface area contributed by atoms with E-state index in [1.807, 2.05) is 12.1 Å². The lowest BCUT2D eigenvalue weighted by molar-refractivity contribution is -0.128. The molecule has 2 unspecified atom stereocenters. The molecule has 0 spiro atoms. The summed E-state index contributed by atoms with van der Waals surface area (Å²) >= 11 is 9.25. The largest absolute Gasteiger partial charge is 0.438 e. The van der Waals surface area contributed by atoms with E-state index in [2.05, 4.69) is 26.6 Å². The van der Waals surface area contributed by atoms with Crippen LogP contribution in [-0.2, 0) is 11.2 Å². The Hall–Kier alpha value is -1.89. The quantitative estimate of drug-likeness (QED) is 0.600. The molecule has 1 heterocycles. The van der Waals surface area contributed by atoms with Gasteiger partial charge in [0.25, 0.3) is 5.91 Å². The molecule has 2 aromatic carbocycles. The fourth-order valence-electron chi connectivity index (χ4n) is 2.80. The topological polar surface area (TPSA) is 81.1 Å². The molecule has 2 atom stereocenters. The summed E-state index contributed by atoms with van der Waals surface area (Å²) in [6.07, 6.45) is -0.751. The number of amides is 3. The maximum atomic E-state index is 12.5. The van der Waals surface area contributed by atoms with Gasteiger partial charge in [-0.05, 0) is 42.0 Å². The normalized spacial score (nSPS) is 21.3. The Kier molecular flexibility index (Phi) is 4.62. The van der Waals surface area contributed by atoms with Crippen molar-refractivity contribution < 1.29 is 14.7 Å². The molecule has 1 fully saturated rings. The Morgan fingerprint density at radius 1 is 1.08 bits per heavy atom. The molecular formula is C17H15BrClN2O3+. The Balaban J connectivity index is 1.99. The van der Waals surface area contributed by atoms with E-state index in [4.69, 9.17) is 16.7 Å². The number of rotatable bonds is 4. The summed E-state index contributed by atoms with van der Waals surface area (Å²) in [5.41, 5.74) is 0.0919. The second kappa shape index (κ2) is 6.55. The first-order chi connectivity index (χ1) is 11.4. The van der Waals surface area contributed by atoms with Crippen molar-refractivity contribution in [2.24, 2.45) is 0 Å². The van der Waals surface area contributed by atoms with Gasteiger partial charge in [0, 0.05) is 21.5 Å². The summed E-state index contributed by atoms with van der Waals surface area (Å²) in [7, 11) is 0. The second-order valence-corrected chi connectivity index (χ2v) is 7.02. The van der Waals surface area contributed by atoms with E-state index in [1.165, 1.54) is 0 Å². The minimum absolute atomic E-state index is 0.200. The van der Waals surface area contributed by atoms with Gasteiger partial charge in [-0.3, -0.25) is 10.1 Å². The zero-order valence-corrected chi connectivity index (χ0v) is 14.8. The first-order valence-electron chi connectivity index (χ1n) is 7.25. The van der Waals surface area contributed by atoms with E-state index in [0.717, 1.165) is 10.0 Å². The number of benzene rings is 2. The monoisotopic (exact) mass is 409 g/mol. The summed E-state index contributed by atoms with van der Waals surface area (Å²) in [6, 6.07) is 13.6. The third kappa shape index (κ3) is 3.17. The van der Waals surface area contributed by atoms with Gasteiger partial charge in [0.2, 0.25) is 11.6 Å². The number of urea groups is 1. The summed E-state index contributed by atoms with van der Waals surface area (Å²) < 4.78 is 0.880. The van der Waals surface area contributed by atoms with E-state index in [1.54, 1.807) is 36.4 Å². The molecule has 1 aliphatic rings. The Labute approximate surface area is 152 Å². The first kappa shape index (κ1) is 17.0. The predicted molar refractivity (Wildman–Crippen MR) is 95.1 cm³/mol. The van der Waals surface area contributed by atoms with Gasteiger partial charge in [0.1, 0.15) is 0 Å². The molecule has 2 aromatic rings. The van der Waals surface area contributed by atoms with Gasteiger partial charge < -0.3 is 10.4 Å². The molecule has 0 aromatic heterocycles. The Morgan fingerprint density at radius 3 is 2.25 bits per heavy atom. The number of hydrogen-bond acceptors (Lipinski definition) is 2. The number of halogens is 2. The summed E-state index contributed by atoms with van der Waals surface area (Å²) in [6.45, 7) is 0. The molecular weight excluding hydrogens is 396 g/mol. The van der Waals surface area contributed by atoms with Gasteiger partial charge in [-0.1, -0.05) is 39.7 Å². The average Bonchev–Trinajstić information content (AvgIpc) is 2.84. The van der Waals surface area contributed by atoms with Crippen molar-refractivity contribution in [1.82, 2.24) is 10.6 Å². The predicted octanol–water partition coefficient (Wildman–Crippen LogP) is 2.69. The molecule has 1 saturated heterocycles. The van der Waals surface area contributed by atoms with Crippen molar-refractivity contribution in [2.75, 3.05) is 0 Å². The molecule has 3 rings (SSSR count). The lowest BCUT2D eigenvalue weighted by Gasteiger charge is -2.28. The maximum absolute atomic E-state index is 12.5. The van der Waals surface area contributed by atoms with Gasteiger partial charge in [-0.25, -0.2) is 4.79 Å². The van der Waals surface area contributed by atoms with E-state index >= 15 is 0 Å². The molecule has 24 heavy (non-hydrogen) atoms. The number of carbonyl (C=O) groups excluding carboxylic acids is 2. The molecule has 124 valence electrons. The molecule has 4 N–H and O–H groups in total. The van der Waals surface area contributed by atoms with Crippen LogP contribution in [0.15, 0.2) is 53.0 Å². The number of nitrogens with one attached hydrogen (secondary N) is 2. The number of imide groups is 1. The maximum Gasteiger partial charge on any atom is 0.322 e. The highest BCUT2D eigenvalue weighted by Crippen LogP contribution is 2.33. The molecule has 0 radical (unpaired) electrons. The van der Waals surface area contributed by atoms with Crippen LogP contribution in [0.25, 0.3) is 0 Å². The van der Waals surface area contributed by atoms with Crippen molar-refractivity contribution in [2.45, 2.75) is 18.1 Å². The van der Waals surface area contributed by atoms with Gasteiger partial charge in [-0.2, -0.15) is 0 Å². The smallest absolute Gasteiger partial charge is 0.322 e. The Bertz CT molecular complexity index is 779. The summed E-state index contributed by atoms with van der Waals surface area (Å²) in [4.78, 5) is 24.3. The fourth-order valence-corrected chi connectivity index (χ4v) is 3.19. The highest BCUT2D eigenvalue weighted by molar-refractivity contribution is 9.10. The molecule has 0 saturated carbocycles. The minimum Gasteiger partial charge on any atom is -0.438 e. The lowest BCUT2D eigenvalue weighted by Crippen LogP contribution is -2.53. The van der Waals surface area contributed by atoms with E-state index in [0.29, 0.717) is 10.6 Å². The van der Waals surface area contributed by atoms with Crippen LogP contribution in [0.3, 0.4) is 0 Å². The third-order valence-electron chi connectivity index (χ3n) is 4.06. The lowest BCUT2D eigenvalue weighted by atomic mass is 9.82. The highest BCUT2D eigenvalue weighted by atomic mass is 79.9. The molecule has 3 amide bonds. The van der Waals surface area contributed by atoms with Crippen LogP contribution in [0.5, 0.6) is 0 Å². The van der Waals surface area contributed by atoms with Crippen LogP contribution in [0, 0.1) is 0 Å². The zero-order chi connectivity index (χ0) is 17.3. The Morgan fingerprint density at radius 2 is 1.71 bits per heavy atom. The van der Waals surface area contributed by atoms with Crippen LogP contribution in [-0.4, -0.2) is 22.6 Å². The van der Waals surface area contributed by atoms with Gasteiger partial charge in [-0.15, -0.1) is 0 Å². The third-order valence-corrected chi connectivity index (χ3v) is 4.84. The van der Waals surface area contributed by atoms with Gasteiger partial charge in [0.15, 0.2) is 0 Å². The molecule has 0 aliphatic carbocycles. The van der Waals surface area contributed by atoms with Crippen LogP contribution >= 0.6 is 27.5 Å². The standard InChI is InChI=1S/C17H14BrClN2O3/c18-12-5-3-11(4-6-12)14(22)17(15(23)20-16(24)21-17)9-10-1-7-13(19)8-2-10/h1-8,14,22H,9H2,(H2,20,21,23,24)/p+1. The molecule has 5 nitrogen and oxygen atoms in total. The van der Waals surface area contributed by atoms with E-state index in [9.17, 15) is 9.59 Å². The first-order valence-corrected chi connectivity index (χ1v) is 8.42. The molecule has 1 aliphatic heterocycles. The van der Waals surface area contributed by atoms with Crippen molar-refractivity contribution in [3.8, 4) is 0 Å². The van der Waals surface area contributed by atoms with Crippen molar-refractivity contribution in [1.29, 1.82) is 0 Å². The second-order valence-electron chi connectivity index (χ2n) is 5.67. The van der Waals surface area contributed by atoms with Gasteiger partial charge in [0.05, 0.1) is 0 Å². The molecule has 7 heteroatoms. The highest BCUT2D eigenvalue weighted by Gasteiger charge is 2.55. The SMILES string of the molecule is O=C1NC(=O)C(Cc2ccc(Cl)cc2)(C([OH2+])c2ccc(Br)cc2)N1. The van der Waals surface area contributed by atoms with Crippen LogP contribution in [0.4, 0.5) is 4.79 Å². The number of carbonyl (C=O) groups is 2.